The van der Waals surface area contributed by atoms with Gasteiger partial charge in [-0.1, -0.05) is 22.9 Å². The molecule has 0 fully saturated rings. The van der Waals surface area contributed by atoms with Crippen molar-refractivity contribution in [2.24, 2.45) is 4.99 Å². The Hall–Kier alpha value is -2.81. The summed E-state index contributed by atoms with van der Waals surface area (Å²) in [6.07, 6.45) is 3.07. The Bertz CT molecular complexity index is 1170. The number of aromatic nitrogens is 1. The SMILES string of the molecule is CCOCCn1c(=NC(=O)C=Cc2cc(OC)c(OC)c(OC)c2)sc2cc(Cl)ccc21. The summed E-state index contributed by atoms with van der Waals surface area (Å²) in [7, 11) is 4.62. The fraction of sp³-hybridized carbons (Fsp3) is 0.304. The van der Waals surface area contributed by atoms with E-state index in [9.17, 15) is 4.79 Å². The molecule has 170 valence electrons. The number of benzene rings is 2. The molecule has 0 spiro atoms. The predicted octanol–water partition coefficient (Wildman–Crippen LogP) is 4.56. The molecular weight excluding hydrogens is 452 g/mol. The van der Waals surface area contributed by atoms with Crippen molar-refractivity contribution in [1.29, 1.82) is 0 Å². The van der Waals surface area contributed by atoms with Gasteiger partial charge in [-0.25, -0.2) is 0 Å². The Labute approximate surface area is 195 Å². The van der Waals surface area contributed by atoms with Crippen molar-refractivity contribution in [3.05, 3.63) is 51.8 Å². The molecule has 0 saturated carbocycles. The van der Waals surface area contributed by atoms with Gasteiger partial charge >= 0.3 is 0 Å². The Morgan fingerprint density at radius 2 is 1.84 bits per heavy atom. The highest BCUT2D eigenvalue weighted by Crippen LogP contribution is 2.38. The highest BCUT2D eigenvalue weighted by molar-refractivity contribution is 7.16. The zero-order valence-electron chi connectivity index (χ0n) is 18.4. The standard InChI is InChI=1S/C23H25ClN2O5S/c1-5-31-11-10-26-17-8-7-16(24)14-20(17)32-23(26)25-21(27)9-6-15-12-18(28-2)22(30-4)19(13-15)29-3/h6-9,12-14H,5,10-11H2,1-4H3. The first-order valence-corrected chi connectivity index (χ1v) is 11.1. The summed E-state index contributed by atoms with van der Waals surface area (Å²) in [5.74, 6) is 1.11. The van der Waals surface area contributed by atoms with Crippen LogP contribution in [0, 0.1) is 0 Å². The molecular formula is C23H25ClN2O5S. The molecule has 1 heterocycles. The number of thiazole rings is 1. The lowest BCUT2D eigenvalue weighted by atomic mass is 10.1. The number of hydrogen-bond acceptors (Lipinski definition) is 6. The first-order valence-electron chi connectivity index (χ1n) is 9.94. The van der Waals surface area contributed by atoms with E-state index in [1.807, 2.05) is 29.7 Å². The Morgan fingerprint density at radius 1 is 1.12 bits per heavy atom. The van der Waals surface area contributed by atoms with Gasteiger partial charge in [0.2, 0.25) is 5.75 Å². The van der Waals surface area contributed by atoms with Crippen molar-refractivity contribution >= 4 is 45.1 Å². The largest absolute Gasteiger partial charge is 0.493 e. The second-order valence-corrected chi connectivity index (χ2v) is 8.03. The summed E-state index contributed by atoms with van der Waals surface area (Å²) in [5.41, 5.74) is 1.68. The Morgan fingerprint density at radius 3 is 2.47 bits per heavy atom. The summed E-state index contributed by atoms with van der Waals surface area (Å²) in [5, 5.41) is 0.635. The minimum Gasteiger partial charge on any atom is -0.493 e. The van der Waals surface area contributed by atoms with Gasteiger partial charge < -0.3 is 23.5 Å². The van der Waals surface area contributed by atoms with Gasteiger partial charge in [-0.15, -0.1) is 0 Å². The van der Waals surface area contributed by atoms with Crippen LogP contribution in [0.2, 0.25) is 5.02 Å². The van der Waals surface area contributed by atoms with E-state index in [4.69, 9.17) is 30.5 Å². The minimum absolute atomic E-state index is 0.387. The fourth-order valence-electron chi connectivity index (χ4n) is 3.15. The lowest BCUT2D eigenvalue weighted by Crippen LogP contribution is -2.19. The normalized spacial score (nSPS) is 12.0. The van der Waals surface area contributed by atoms with E-state index in [-0.39, 0.29) is 5.91 Å². The van der Waals surface area contributed by atoms with Gasteiger partial charge in [0.15, 0.2) is 16.3 Å². The van der Waals surface area contributed by atoms with Gasteiger partial charge in [-0.3, -0.25) is 4.79 Å². The van der Waals surface area contributed by atoms with E-state index in [1.165, 1.54) is 24.5 Å². The van der Waals surface area contributed by atoms with Gasteiger partial charge in [0, 0.05) is 24.3 Å². The summed E-state index contributed by atoms with van der Waals surface area (Å²) in [4.78, 5) is 17.5. The zero-order chi connectivity index (χ0) is 23.1. The van der Waals surface area contributed by atoms with Crippen molar-refractivity contribution in [1.82, 2.24) is 4.57 Å². The Balaban J connectivity index is 1.94. The molecule has 0 aliphatic carbocycles. The Kier molecular flexibility index (Phi) is 8.33. The summed E-state index contributed by atoms with van der Waals surface area (Å²) in [6, 6.07) is 9.14. The van der Waals surface area contributed by atoms with Crippen LogP contribution in [0.1, 0.15) is 12.5 Å². The molecule has 32 heavy (non-hydrogen) atoms. The van der Waals surface area contributed by atoms with Crippen LogP contribution in [0.5, 0.6) is 17.2 Å². The summed E-state index contributed by atoms with van der Waals surface area (Å²) >= 11 is 7.54. The maximum Gasteiger partial charge on any atom is 0.272 e. The van der Waals surface area contributed by atoms with Crippen molar-refractivity contribution < 1.29 is 23.7 Å². The van der Waals surface area contributed by atoms with Gasteiger partial charge in [-0.2, -0.15) is 4.99 Å². The molecule has 1 amide bonds. The molecule has 9 heteroatoms. The molecule has 0 unspecified atom stereocenters. The third-order valence-electron chi connectivity index (χ3n) is 4.62. The lowest BCUT2D eigenvalue weighted by Gasteiger charge is -2.12. The third-order valence-corrected chi connectivity index (χ3v) is 5.90. The van der Waals surface area contributed by atoms with Crippen molar-refractivity contribution in [3.63, 3.8) is 0 Å². The van der Waals surface area contributed by atoms with E-state index in [1.54, 1.807) is 32.4 Å². The van der Waals surface area contributed by atoms with Gasteiger partial charge in [-0.05, 0) is 48.9 Å². The molecule has 0 saturated heterocycles. The first-order chi connectivity index (χ1) is 15.5. The number of methoxy groups -OCH3 is 3. The lowest BCUT2D eigenvalue weighted by molar-refractivity contribution is -0.113. The number of amides is 1. The molecule has 0 radical (unpaired) electrons. The predicted molar refractivity (Wildman–Crippen MR) is 127 cm³/mol. The molecule has 1 aromatic heterocycles. The van der Waals surface area contributed by atoms with Crippen molar-refractivity contribution in [2.45, 2.75) is 13.5 Å². The number of carbonyl (C=O) groups excluding carboxylic acids is 1. The van der Waals surface area contributed by atoms with Crippen LogP contribution >= 0.6 is 22.9 Å². The second-order valence-electron chi connectivity index (χ2n) is 6.59. The minimum atomic E-state index is -0.387. The average molecular weight is 477 g/mol. The van der Waals surface area contributed by atoms with Crippen LogP contribution < -0.4 is 19.0 Å². The summed E-state index contributed by atoms with van der Waals surface area (Å²) in [6.45, 7) is 3.67. The number of carbonyl (C=O) groups is 1. The molecule has 2 aromatic carbocycles. The molecule has 0 N–H and O–H groups in total. The van der Waals surface area contributed by atoms with E-state index < -0.39 is 0 Å². The van der Waals surface area contributed by atoms with E-state index in [0.29, 0.717) is 46.8 Å². The van der Waals surface area contributed by atoms with Crippen molar-refractivity contribution in [2.75, 3.05) is 34.5 Å². The molecule has 0 aliphatic heterocycles. The number of ether oxygens (including phenoxy) is 4. The molecule has 0 bridgehead atoms. The molecule has 7 nitrogen and oxygen atoms in total. The van der Waals surface area contributed by atoms with E-state index >= 15 is 0 Å². The second kappa shape index (κ2) is 11.2. The number of fused-ring (bicyclic) bond motifs is 1. The van der Waals surface area contributed by atoms with Crippen molar-refractivity contribution in [3.8, 4) is 17.2 Å². The fourth-order valence-corrected chi connectivity index (χ4v) is 4.48. The highest BCUT2D eigenvalue weighted by Gasteiger charge is 2.12. The number of hydrogen-bond donors (Lipinski definition) is 0. The summed E-state index contributed by atoms with van der Waals surface area (Å²) < 4.78 is 24.5. The quantitative estimate of drug-likeness (QED) is 0.334. The van der Waals surface area contributed by atoms with Crippen LogP contribution in [-0.2, 0) is 16.1 Å². The van der Waals surface area contributed by atoms with Crippen LogP contribution in [0.15, 0.2) is 41.4 Å². The van der Waals surface area contributed by atoms with Crippen LogP contribution in [0.3, 0.4) is 0 Å². The maximum atomic E-state index is 12.6. The third kappa shape index (κ3) is 5.51. The number of rotatable bonds is 9. The van der Waals surface area contributed by atoms with E-state index in [0.717, 1.165) is 15.8 Å². The maximum absolute atomic E-state index is 12.6. The molecule has 0 aliphatic rings. The van der Waals surface area contributed by atoms with Gasteiger partial charge in [0.1, 0.15) is 0 Å². The van der Waals surface area contributed by atoms with Crippen LogP contribution in [0.25, 0.3) is 16.3 Å². The number of halogens is 1. The monoisotopic (exact) mass is 476 g/mol. The van der Waals surface area contributed by atoms with Gasteiger partial charge in [0.25, 0.3) is 5.91 Å². The molecule has 3 aromatic rings. The average Bonchev–Trinajstić information content (AvgIpc) is 3.12. The highest BCUT2D eigenvalue weighted by atomic mass is 35.5. The van der Waals surface area contributed by atoms with Crippen LogP contribution in [0.4, 0.5) is 0 Å². The number of nitrogens with zero attached hydrogens (tertiary/aromatic N) is 2. The topological polar surface area (TPSA) is 71.3 Å². The van der Waals surface area contributed by atoms with E-state index in [2.05, 4.69) is 4.99 Å². The van der Waals surface area contributed by atoms with Gasteiger partial charge in [0.05, 0.1) is 38.2 Å². The zero-order valence-corrected chi connectivity index (χ0v) is 20.0. The smallest absolute Gasteiger partial charge is 0.272 e. The first kappa shape index (κ1) is 23.8. The molecule has 0 atom stereocenters. The van der Waals surface area contributed by atoms with Crippen LogP contribution in [-0.4, -0.2) is 45.0 Å². The molecule has 3 rings (SSSR count).